The summed E-state index contributed by atoms with van der Waals surface area (Å²) in [5.74, 6) is -0.635. The third-order valence-corrected chi connectivity index (χ3v) is 2.86. The van der Waals surface area contributed by atoms with Gasteiger partial charge in [0.15, 0.2) is 5.78 Å². The van der Waals surface area contributed by atoms with Gasteiger partial charge >= 0.3 is 5.97 Å². The molecule has 0 bridgehead atoms. The maximum absolute atomic E-state index is 12.0. The van der Waals surface area contributed by atoms with Crippen molar-refractivity contribution in [3.8, 4) is 0 Å². The first-order valence-corrected chi connectivity index (χ1v) is 5.99. The van der Waals surface area contributed by atoms with Gasteiger partial charge in [0, 0.05) is 11.9 Å². The van der Waals surface area contributed by atoms with Gasteiger partial charge in [0.25, 0.3) is 0 Å². The topological polar surface area (TPSA) is 59.2 Å². The number of aromatic amines is 1. The van der Waals surface area contributed by atoms with Crippen molar-refractivity contribution >= 4 is 11.8 Å². The van der Waals surface area contributed by atoms with E-state index in [0.717, 1.165) is 5.56 Å². The van der Waals surface area contributed by atoms with Crippen LogP contribution in [0.5, 0.6) is 0 Å². The summed E-state index contributed by atoms with van der Waals surface area (Å²) >= 11 is 0. The van der Waals surface area contributed by atoms with Gasteiger partial charge in [-0.05, 0) is 19.4 Å². The van der Waals surface area contributed by atoms with Crippen molar-refractivity contribution in [3.05, 3.63) is 58.9 Å². The van der Waals surface area contributed by atoms with Gasteiger partial charge in [-0.3, -0.25) is 4.79 Å². The number of hydrogen-bond donors (Lipinski definition) is 1. The molecule has 0 aliphatic heterocycles. The van der Waals surface area contributed by atoms with Crippen molar-refractivity contribution < 1.29 is 14.3 Å². The zero-order chi connectivity index (χ0) is 13.8. The summed E-state index contributed by atoms with van der Waals surface area (Å²) in [4.78, 5) is 26.3. The van der Waals surface area contributed by atoms with Crippen molar-refractivity contribution in [1.82, 2.24) is 4.98 Å². The fraction of sp³-hybridized carbons (Fsp3) is 0.200. The largest absolute Gasteiger partial charge is 0.457 e. The average Bonchev–Trinajstić information content (AvgIpc) is 2.79. The molecule has 0 saturated heterocycles. The number of H-pyrrole nitrogens is 1. The molecule has 0 aliphatic rings. The van der Waals surface area contributed by atoms with E-state index in [9.17, 15) is 9.59 Å². The number of aryl methyl sites for hydroxylation is 1. The number of esters is 1. The minimum atomic E-state index is -0.488. The van der Waals surface area contributed by atoms with Crippen molar-refractivity contribution in [3.63, 3.8) is 0 Å². The second-order valence-electron chi connectivity index (χ2n) is 4.32. The van der Waals surface area contributed by atoms with Crippen LogP contribution < -0.4 is 0 Å². The monoisotopic (exact) mass is 257 g/mol. The van der Waals surface area contributed by atoms with Gasteiger partial charge in [-0.15, -0.1) is 0 Å². The number of benzene rings is 1. The first-order chi connectivity index (χ1) is 9.09. The highest BCUT2D eigenvalue weighted by atomic mass is 16.5. The predicted octanol–water partition coefficient (Wildman–Crippen LogP) is 2.88. The number of ketones is 1. The minimum absolute atomic E-state index is 0.148. The summed E-state index contributed by atoms with van der Waals surface area (Å²) < 4.78 is 5.21. The van der Waals surface area contributed by atoms with E-state index in [1.54, 1.807) is 6.92 Å². The fourth-order valence-corrected chi connectivity index (χ4v) is 1.94. The van der Waals surface area contributed by atoms with Gasteiger partial charge in [0.1, 0.15) is 6.61 Å². The number of Topliss-reactive ketones (excluding diaryl/α,β-unsaturated/α-hetero) is 1. The van der Waals surface area contributed by atoms with Crippen LogP contribution in [-0.2, 0) is 11.3 Å². The van der Waals surface area contributed by atoms with Gasteiger partial charge in [-0.1, -0.05) is 30.3 Å². The second kappa shape index (κ2) is 5.52. The zero-order valence-electron chi connectivity index (χ0n) is 10.9. The normalized spacial score (nSPS) is 10.2. The lowest BCUT2D eigenvalue weighted by Gasteiger charge is -2.05. The molecule has 4 nitrogen and oxygen atoms in total. The molecule has 98 valence electrons. The summed E-state index contributed by atoms with van der Waals surface area (Å²) in [6, 6.07) is 9.41. The van der Waals surface area contributed by atoms with Crippen LogP contribution in [0, 0.1) is 6.92 Å². The first-order valence-electron chi connectivity index (χ1n) is 5.99. The molecule has 0 spiro atoms. The summed E-state index contributed by atoms with van der Waals surface area (Å²) in [6.07, 6.45) is 1.51. The van der Waals surface area contributed by atoms with E-state index in [4.69, 9.17) is 4.74 Å². The Kier molecular flexibility index (Phi) is 3.80. The Balaban J connectivity index is 2.11. The number of aromatic nitrogens is 1. The maximum Gasteiger partial charge on any atom is 0.340 e. The third kappa shape index (κ3) is 2.91. The highest BCUT2D eigenvalue weighted by Crippen LogP contribution is 2.16. The number of rotatable bonds is 4. The molecule has 2 rings (SSSR count). The molecular weight excluding hydrogens is 242 g/mol. The molecular formula is C15H15NO3. The van der Waals surface area contributed by atoms with E-state index in [0.29, 0.717) is 16.8 Å². The number of ether oxygens (including phenoxy) is 1. The lowest BCUT2D eigenvalue weighted by molar-refractivity contribution is 0.0470. The van der Waals surface area contributed by atoms with Crippen LogP contribution >= 0.6 is 0 Å². The summed E-state index contributed by atoms with van der Waals surface area (Å²) in [5, 5.41) is 0. The molecule has 0 aliphatic carbocycles. The van der Waals surface area contributed by atoms with Crippen LogP contribution in [0.4, 0.5) is 0 Å². The lowest BCUT2D eigenvalue weighted by atomic mass is 10.1. The molecule has 1 heterocycles. The Morgan fingerprint density at radius 2 is 1.89 bits per heavy atom. The molecule has 0 saturated carbocycles. The molecule has 19 heavy (non-hydrogen) atoms. The van der Waals surface area contributed by atoms with Crippen molar-refractivity contribution in [2.45, 2.75) is 20.5 Å². The van der Waals surface area contributed by atoms with E-state index in [1.165, 1.54) is 13.1 Å². The molecule has 1 aromatic carbocycles. The average molecular weight is 257 g/mol. The van der Waals surface area contributed by atoms with Crippen LogP contribution in [0.25, 0.3) is 0 Å². The van der Waals surface area contributed by atoms with Crippen LogP contribution in [0.2, 0.25) is 0 Å². The Bertz CT molecular complexity index is 599. The molecule has 0 fully saturated rings. The third-order valence-electron chi connectivity index (χ3n) is 2.86. The second-order valence-corrected chi connectivity index (χ2v) is 4.32. The van der Waals surface area contributed by atoms with E-state index in [2.05, 4.69) is 4.98 Å². The van der Waals surface area contributed by atoms with Crippen LogP contribution in [-0.4, -0.2) is 16.7 Å². The van der Waals surface area contributed by atoms with E-state index in [1.807, 2.05) is 30.3 Å². The standard InChI is InChI=1S/C15H15NO3/c1-10-14(11(2)17)13(8-16-10)15(18)19-9-12-6-4-3-5-7-12/h3-8,16H,9H2,1-2H3. The fourth-order valence-electron chi connectivity index (χ4n) is 1.94. The van der Waals surface area contributed by atoms with E-state index in [-0.39, 0.29) is 12.4 Å². The van der Waals surface area contributed by atoms with Gasteiger partial charge < -0.3 is 9.72 Å². The van der Waals surface area contributed by atoms with Crippen molar-refractivity contribution in [1.29, 1.82) is 0 Å². The smallest absolute Gasteiger partial charge is 0.340 e. The van der Waals surface area contributed by atoms with Crippen molar-refractivity contribution in [2.75, 3.05) is 0 Å². The molecule has 0 amide bonds. The molecule has 2 aromatic rings. The van der Waals surface area contributed by atoms with Crippen molar-refractivity contribution in [2.24, 2.45) is 0 Å². The number of carbonyl (C=O) groups is 2. The van der Waals surface area contributed by atoms with E-state index < -0.39 is 5.97 Å². The maximum atomic E-state index is 12.0. The number of carbonyl (C=O) groups excluding carboxylic acids is 2. The zero-order valence-corrected chi connectivity index (χ0v) is 10.9. The lowest BCUT2D eigenvalue weighted by Crippen LogP contribution is -2.09. The highest BCUT2D eigenvalue weighted by molar-refractivity contribution is 6.06. The Morgan fingerprint density at radius 3 is 2.53 bits per heavy atom. The van der Waals surface area contributed by atoms with Crippen LogP contribution in [0.15, 0.2) is 36.5 Å². The minimum Gasteiger partial charge on any atom is -0.457 e. The van der Waals surface area contributed by atoms with Crippen LogP contribution in [0.3, 0.4) is 0 Å². The summed E-state index contributed by atoms with van der Waals surface area (Å²) in [7, 11) is 0. The van der Waals surface area contributed by atoms with Gasteiger partial charge in [0.05, 0.1) is 11.1 Å². The Hall–Kier alpha value is -2.36. The predicted molar refractivity (Wildman–Crippen MR) is 71.1 cm³/mol. The molecule has 0 atom stereocenters. The SMILES string of the molecule is CC(=O)c1c(C(=O)OCc2ccccc2)c[nH]c1C. The molecule has 1 aromatic heterocycles. The van der Waals surface area contributed by atoms with Gasteiger partial charge in [-0.25, -0.2) is 4.79 Å². The van der Waals surface area contributed by atoms with Crippen LogP contribution in [0.1, 0.15) is 38.9 Å². The number of nitrogens with one attached hydrogen (secondary N) is 1. The first kappa shape index (κ1) is 13.1. The molecule has 0 unspecified atom stereocenters. The molecule has 1 N–H and O–H groups in total. The quantitative estimate of drug-likeness (QED) is 0.676. The van der Waals surface area contributed by atoms with Gasteiger partial charge in [-0.2, -0.15) is 0 Å². The highest BCUT2D eigenvalue weighted by Gasteiger charge is 2.19. The number of hydrogen-bond acceptors (Lipinski definition) is 3. The Labute approximate surface area is 111 Å². The molecule has 4 heteroatoms. The van der Waals surface area contributed by atoms with Gasteiger partial charge in [0.2, 0.25) is 0 Å². The molecule has 0 radical (unpaired) electrons. The Morgan fingerprint density at radius 1 is 1.21 bits per heavy atom. The summed E-state index contributed by atoms with van der Waals surface area (Å²) in [6.45, 7) is 3.39. The van der Waals surface area contributed by atoms with E-state index >= 15 is 0 Å². The summed E-state index contributed by atoms with van der Waals surface area (Å²) in [5.41, 5.74) is 2.28.